The number of aliphatic imine (C=N–C) groups is 1. The molecule has 1 aromatic carbocycles. The van der Waals surface area contributed by atoms with Crippen LogP contribution in [0.5, 0.6) is 0 Å². The Morgan fingerprint density at radius 3 is 2.41 bits per heavy atom. The maximum Gasteiger partial charge on any atom is 0.425 e. The smallest absolute Gasteiger partial charge is 0.425 e. The number of aliphatic hydroxyl groups is 1. The molecule has 0 aromatic heterocycles. The molecule has 0 aliphatic carbocycles. The number of ketones is 1. The van der Waals surface area contributed by atoms with Gasteiger partial charge in [0.15, 0.2) is 17.7 Å². The molecule has 4 heterocycles. The largest absolute Gasteiger partial charge is 0.455 e. The van der Waals surface area contributed by atoms with Gasteiger partial charge >= 0.3 is 12.1 Å². The fourth-order valence-corrected chi connectivity index (χ4v) is 9.52. The van der Waals surface area contributed by atoms with E-state index in [1.807, 2.05) is 45.8 Å². The van der Waals surface area contributed by atoms with Gasteiger partial charge in [-0.1, -0.05) is 39.8 Å². The van der Waals surface area contributed by atoms with Crippen LogP contribution in [0.4, 0.5) is 13.6 Å². The van der Waals surface area contributed by atoms with Gasteiger partial charge in [0.1, 0.15) is 30.7 Å². The molecule has 0 radical (unpaired) electrons. The molecule has 314 valence electrons. The first-order valence-electron chi connectivity index (χ1n) is 19.9. The number of cyclic esters (lactones) is 1. The van der Waals surface area contributed by atoms with Crippen molar-refractivity contribution in [3.05, 3.63) is 35.6 Å². The van der Waals surface area contributed by atoms with Gasteiger partial charge in [-0.2, -0.15) is 5.01 Å². The van der Waals surface area contributed by atoms with Crippen LogP contribution in [-0.4, -0.2) is 138 Å². The lowest BCUT2D eigenvalue weighted by molar-refractivity contribution is -0.295. The minimum atomic E-state index is -3.15. The van der Waals surface area contributed by atoms with Gasteiger partial charge in [0.25, 0.3) is 5.67 Å². The standard InChI is InChI=1S/C41H62F2N4O9/c1-12-30-41(8)33-25(4)31(44-22-46(47(33)38(51)56-41)18-14-16-27-15-13-17-28(42)20-27)23(2)21-39(6,52-11)35(26(5)34(49)40(7,43)37(50)54-30)55-36-32(48)29(45(9)10)19-24(3)53-36/h13,15,17,20,23-26,29-30,32-33,35-36,48H,12,14,16,18-19,21-22H2,1-11H3/t23-,24-,25-,26+,29+,30+,32-,33-,35-,36+,39+,40?,41-/m1/s1. The normalized spacial score (nSPS) is 40.2. The number of aryl methyl sites for hydroxylation is 1. The zero-order valence-corrected chi connectivity index (χ0v) is 34.8. The second-order valence-corrected chi connectivity index (χ2v) is 17.0. The third-order valence-electron chi connectivity index (χ3n) is 12.6. The third-order valence-corrected chi connectivity index (χ3v) is 12.6. The zero-order valence-electron chi connectivity index (χ0n) is 34.8. The Labute approximate surface area is 330 Å². The van der Waals surface area contributed by atoms with Crippen molar-refractivity contribution in [3.8, 4) is 0 Å². The molecule has 1 aromatic rings. The van der Waals surface area contributed by atoms with E-state index in [0.717, 1.165) is 18.2 Å². The third kappa shape index (κ3) is 8.40. The van der Waals surface area contributed by atoms with E-state index in [1.165, 1.54) is 31.2 Å². The highest BCUT2D eigenvalue weighted by Gasteiger charge is 2.63. The highest BCUT2D eigenvalue weighted by Crippen LogP contribution is 2.45. The summed E-state index contributed by atoms with van der Waals surface area (Å²) in [5.74, 6) is -4.97. The molecular weight excluding hydrogens is 730 g/mol. The van der Waals surface area contributed by atoms with Crippen LogP contribution in [0.25, 0.3) is 0 Å². The molecule has 4 aliphatic rings. The first kappa shape index (κ1) is 44.0. The molecular formula is C41H62F2N4O9. The predicted octanol–water partition coefficient (Wildman–Crippen LogP) is 5.11. The van der Waals surface area contributed by atoms with Crippen molar-refractivity contribution in [1.29, 1.82) is 0 Å². The maximum absolute atomic E-state index is 16.9. The minimum Gasteiger partial charge on any atom is -0.455 e. The van der Waals surface area contributed by atoms with Crippen molar-refractivity contribution in [2.24, 2.45) is 22.7 Å². The van der Waals surface area contributed by atoms with E-state index in [1.54, 1.807) is 31.8 Å². The summed E-state index contributed by atoms with van der Waals surface area (Å²) >= 11 is 0. The van der Waals surface area contributed by atoms with Crippen molar-refractivity contribution >= 4 is 23.6 Å². The second kappa shape index (κ2) is 17.0. The van der Waals surface area contributed by atoms with Crippen LogP contribution in [0.2, 0.25) is 0 Å². The molecule has 13 nitrogen and oxygen atoms in total. The van der Waals surface area contributed by atoms with Crippen LogP contribution >= 0.6 is 0 Å². The molecule has 4 aliphatic heterocycles. The van der Waals surface area contributed by atoms with Crippen molar-refractivity contribution in [1.82, 2.24) is 14.9 Å². The molecule has 2 bridgehead atoms. The van der Waals surface area contributed by atoms with Crippen molar-refractivity contribution in [3.63, 3.8) is 0 Å². The number of methoxy groups -OCH3 is 1. The van der Waals surface area contributed by atoms with Gasteiger partial charge in [-0.05, 0) is 97.5 Å². The summed E-state index contributed by atoms with van der Waals surface area (Å²) in [5.41, 5.74) is -4.40. The first-order chi connectivity index (χ1) is 26.2. The Hall–Kier alpha value is -3.08. The number of hydrogen-bond acceptors (Lipinski definition) is 12. The molecule has 15 heteroatoms. The molecule has 0 spiro atoms. The van der Waals surface area contributed by atoms with Gasteiger partial charge in [0.2, 0.25) is 0 Å². The quantitative estimate of drug-likeness (QED) is 0.264. The van der Waals surface area contributed by atoms with Crippen LogP contribution in [0.3, 0.4) is 0 Å². The first-order valence-corrected chi connectivity index (χ1v) is 19.9. The van der Waals surface area contributed by atoms with Gasteiger partial charge in [0.05, 0.1) is 17.8 Å². The topological polar surface area (TPSA) is 140 Å². The number of aliphatic hydroxyl groups excluding tert-OH is 1. The summed E-state index contributed by atoms with van der Waals surface area (Å²) in [6, 6.07) is 5.28. The number of ether oxygens (including phenoxy) is 5. The van der Waals surface area contributed by atoms with Gasteiger partial charge in [-0.25, -0.2) is 23.4 Å². The number of carbonyl (C=O) groups excluding carboxylic acids is 3. The molecule has 1 amide bonds. The van der Waals surface area contributed by atoms with Gasteiger partial charge in [0, 0.05) is 37.2 Å². The molecule has 56 heavy (non-hydrogen) atoms. The van der Waals surface area contributed by atoms with Gasteiger partial charge < -0.3 is 33.7 Å². The lowest BCUT2D eigenvalue weighted by Crippen LogP contribution is -2.62. The molecule has 5 rings (SSSR count). The Morgan fingerprint density at radius 2 is 1.79 bits per heavy atom. The summed E-state index contributed by atoms with van der Waals surface area (Å²) in [5, 5.41) is 14.8. The number of Topliss-reactive ketones (excluding diaryl/α,β-unsaturated/α-hetero) is 1. The number of rotatable bonds is 9. The number of hydrazine groups is 1. The number of alkyl halides is 1. The average Bonchev–Trinajstić information content (AvgIpc) is 3.31. The summed E-state index contributed by atoms with van der Waals surface area (Å²) in [4.78, 5) is 49.2. The van der Waals surface area contributed by atoms with E-state index in [2.05, 4.69) is 0 Å². The SMILES string of the molecule is CC[C@@H]1OC(=O)C(C)(F)C(=O)[C@H](C)[C@@H](O[C@@H]2O[C@H](C)C[C@H](N(C)C)[C@H]2O)[C@@](C)(OC)C[C@@H](C)C2=NCN(CCCc3cccc(F)c3)N3C(=O)O[C@@]1(C)[C@H]3[C@@H]2C. The molecule has 13 atom stereocenters. The van der Waals surface area contributed by atoms with E-state index in [-0.39, 0.29) is 43.4 Å². The summed E-state index contributed by atoms with van der Waals surface area (Å²) in [6.45, 7) is 13.8. The maximum atomic E-state index is 16.9. The lowest BCUT2D eigenvalue weighted by atomic mass is 9.73. The Morgan fingerprint density at radius 1 is 1.09 bits per heavy atom. The number of benzene rings is 1. The number of nitrogens with zero attached hydrogens (tertiary/aromatic N) is 4. The predicted molar refractivity (Wildman–Crippen MR) is 204 cm³/mol. The van der Waals surface area contributed by atoms with Crippen molar-refractivity contribution < 1.29 is 52.0 Å². The monoisotopic (exact) mass is 792 g/mol. The number of esters is 1. The minimum absolute atomic E-state index is 0.0956. The molecule has 0 saturated carbocycles. The van der Waals surface area contributed by atoms with Crippen LogP contribution < -0.4 is 0 Å². The van der Waals surface area contributed by atoms with Crippen molar-refractivity contribution in [2.75, 3.05) is 34.4 Å². The van der Waals surface area contributed by atoms with Gasteiger partial charge in [-0.15, -0.1) is 0 Å². The van der Waals surface area contributed by atoms with Crippen LogP contribution in [0.1, 0.15) is 86.6 Å². The highest BCUT2D eigenvalue weighted by molar-refractivity contribution is 6.08. The number of fused-ring (bicyclic) bond motifs is 1. The number of likely N-dealkylation sites (N-methyl/N-ethyl adjacent to an activating group) is 1. The van der Waals surface area contributed by atoms with Crippen LogP contribution in [-0.2, 0) is 39.7 Å². The number of hydrogen-bond donors (Lipinski definition) is 1. The molecule has 1 unspecified atom stereocenters. The van der Waals surface area contributed by atoms with E-state index < -0.39 is 77.2 Å². The molecule has 3 saturated heterocycles. The lowest BCUT2D eigenvalue weighted by Gasteiger charge is -2.47. The number of carbonyl (C=O) groups is 3. The van der Waals surface area contributed by atoms with E-state index >= 15 is 4.39 Å². The average molecular weight is 793 g/mol. The van der Waals surface area contributed by atoms with Crippen LogP contribution in [0.15, 0.2) is 29.3 Å². The molecule has 3 fully saturated rings. The van der Waals surface area contributed by atoms with Crippen molar-refractivity contribution in [2.45, 2.75) is 147 Å². The summed E-state index contributed by atoms with van der Waals surface area (Å²) < 4.78 is 61.9. The zero-order chi connectivity index (χ0) is 41.5. The highest BCUT2D eigenvalue weighted by atomic mass is 19.1. The fourth-order valence-electron chi connectivity index (χ4n) is 9.52. The van der Waals surface area contributed by atoms with Gasteiger partial charge in [-0.3, -0.25) is 9.79 Å². The fraction of sp³-hybridized carbons (Fsp3) is 0.756. The number of halogens is 2. The molecule has 1 N–H and O–H groups in total. The van der Waals surface area contributed by atoms with E-state index in [0.29, 0.717) is 25.8 Å². The second-order valence-electron chi connectivity index (χ2n) is 17.0. The summed E-state index contributed by atoms with van der Waals surface area (Å²) in [6.07, 6.45) is -3.69. The van der Waals surface area contributed by atoms with E-state index in [9.17, 15) is 23.9 Å². The van der Waals surface area contributed by atoms with Crippen LogP contribution in [0, 0.1) is 23.6 Å². The Kier molecular flexibility index (Phi) is 13.4. The Balaban J connectivity index is 1.59. The van der Waals surface area contributed by atoms with E-state index in [4.69, 9.17) is 28.7 Å². The number of amides is 1. The Bertz CT molecular complexity index is 1630. The summed E-state index contributed by atoms with van der Waals surface area (Å²) in [7, 11) is 5.16.